The first-order valence-electron chi connectivity index (χ1n) is 9.68. The Balaban J connectivity index is 1.51. The fraction of sp³-hybridized carbons (Fsp3) is 0.348. The molecule has 28 heavy (non-hydrogen) atoms. The highest BCUT2D eigenvalue weighted by Gasteiger charge is 2.20. The number of amides is 1. The third-order valence-corrected chi connectivity index (χ3v) is 5.24. The van der Waals surface area contributed by atoms with Crippen molar-refractivity contribution < 1.29 is 18.7 Å². The summed E-state index contributed by atoms with van der Waals surface area (Å²) in [6, 6.07) is 11.5. The molecule has 146 valence electrons. The van der Waals surface area contributed by atoms with Crippen LogP contribution in [0.5, 0.6) is 5.75 Å². The molecule has 0 spiro atoms. The summed E-state index contributed by atoms with van der Waals surface area (Å²) in [4.78, 5) is 12.8. The Labute approximate surface area is 164 Å². The summed E-state index contributed by atoms with van der Waals surface area (Å²) in [7, 11) is 0. The number of nitrogens with one attached hydrogen (secondary N) is 1. The first kappa shape index (κ1) is 18.6. The molecular weight excluding hydrogens is 354 g/mol. The van der Waals surface area contributed by atoms with E-state index in [1.165, 1.54) is 0 Å². The van der Waals surface area contributed by atoms with Gasteiger partial charge in [-0.2, -0.15) is 0 Å². The Bertz CT molecular complexity index is 1010. The Morgan fingerprint density at radius 2 is 2.00 bits per heavy atom. The molecule has 0 aliphatic carbocycles. The van der Waals surface area contributed by atoms with E-state index in [-0.39, 0.29) is 12.0 Å². The molecule has 1 saturated heterocycles. The van der Waals surface area contributed by atoms with Crippen molar-refractivity contribution in [1.82, 2.24) is 0 Å². The van der Waals surface area contributed by atoms with Crippen molar-refractivity contribution in [2.45, 2.75) is 39.7 Å². The van der Waals surface area contributed by atoms with Gasteiger partial charge in [0.2, 0.25) is 0 Å². The Hall–Kier alpha value is -2.79. The number of ether oxygens (including phenoxy) is 2. The number of hydrogen-bond acceptors (Lipinski definition) is 4. The highest BCUT2D eigenvalue weighted by Crippen LogP contribution is 2.31. The minimum absolute atomic E-state index is 0.155. The van der Waals surface area contributed by atoms with Gasteiger partial charge in [-0.3, -0.25) is 4.79 Å². The molecule has 1 amide bonds. The molecule has 1 N–H and O–H groups in total. The molecule has 1 aliphatic rings. The van der Waals surface area contributed by atoms with Gasteiger partial charge in [-0.1, -0.05) is 18.2 Å². The van der Waals surface area contributed by atoms with E-state index in [1.54, 1.807) is 0 Å². The molecule has 1 atom stereocenters. The maximum absolute atomic E-state index is 12.8. The number of furan rings is 1. The topological polar surface area (TPSA) is 60.7 Å². The van der Waals surface area contributed by atoms with E-state index < -0.39 is 0 Å². The predicted molar refractivity (Wildman–Crippen MR) is 109 cm³/mol. The largest absolute Gasteiger partial charge is 0.491 e. The predicted octanol–water partition coefficient (Wildman–Crippen LogP) is 5.17. The number of anilines is 1. The van der Waals surface area contributed by atoms with Crippen LogP contribution in [0.25, 0.3) is 11.0 Å². The van der Waals surface area contributed by atoms with Crippen molar-refractivity contribution >= 4 is 22.6 Å². The first-order valence-corrected chi connectivity index (χ1v) is 9.68. The average Bonchev–Trinajstić information content (AvgIpc) is 3.32. The molecular formula is C23H25NO4. The molecule has 2 aromatic carbocycles. The monoisotopic (exact) mass is 379 g/mol. The maximum atomic E-state index is 12.8. The summed E-state index contributed by atoms with van der Waals surface area (Å²) in [6.07, 6.45) is 2.27. The second-order valence-electron chi connectivity index (χ2n) is 7.39. The van der Waals surface area contributed by atoms with Crippen LogP contribution in [0, 0.1) is 20.8 Å². The standard InChI is InChI=1S/C23H25NO4/c1-14-9-10-15(2)21-20(14)16(3)22(28-21)23(25)24-17-6-4-7-18(12-17)27-13-19-8-5-11-26-19/h4,6-7,9-10,12,19H,5,8,11,13H2,1-3H3,(H,24,25). The molecule has 0 saturated carbocycles. The summed E-state index contributed by atoms with van der Waals surface area (Å²) in [5, 5.41) is 3.94. The quantitative estimate of drug-likeness (QED) is 0.664. The minimum atomic E-state index is -0.260. The second kappa shape index (κ2) is 7.68. The van der Waals surface area contributed by atoms with E-state index >= 15 is 0 Å². The van der Waals surface area contributed by atoms with Gasteiger partial charge in [0, 0.05) is 29.3 Å². The maximum Gasteiger partial charge on any atom is 0.291 e. The van der Waals surface area contributed by atoms with Crippen molar-refractivity contribution in [2.24, 2.45) is 0 Å². The molecule has 0 bridgehead atoms. The molecule has 2 heterocycles. The van der Waals surface area contributed by atoms with Gasteiger partial charge < -0.3 is 19.2 Å². The van der Waals surface area contributed by atoms with Crippen molar-refractivity contribution in [1.29, 1.82) is 0 Å². The third-order valence-electron chi connectivity index (χ3n) is 5.24. The van der Waals surface area contributed by atoms with E-state index in [9.17, 15) is 4.79 Å². The number of rotatable bonds is 5. The van der Waals surface area contributed by atoms with Gasteiger partial charge in [0.25, 0.3) is 5.91 Å². The van der Waals surface area contributed by atoms with Crippen LogP contribution in [0.2, 0.25) is 0 Å². The van der Waals surface area contributed by atoms with Crippen LogP contribution in [-0.4, -0.2) is 25.2 Å². The number of carbonyl (C=O) groups is 1. The smallest absolute Gasteiger partial charge is 0.291 e. The lowest BCUT2D eigenvalue weighted by Gasteiger charge is -2.12. The van der Waals surface area contributed by atoms with E-state index in [0.717, 1.165) is 47.1 Å². The number of benzene rings is 2. The van der Waals surface area contributed by atoms with Crippen molar-refractivity contribution in [2.75, 3.05) is 18.5 Å². The van der Waals surface area contributed by atoms with E-state index in [2.05, 4.69) is 11.4 Å². The van der Waals surface area contributed by atoms with Crippen LogP contribution in [0.15, 0.2) is 40.8 Å². The Morgan fingerprint density at radius 1 is 1.18 bits per heavy atom. The number of fused-ring (bicyclic) bond motifs is 1. The number of aryl methyl sites for hydroxylation is 3. The molecule has 1 aliphatic heterocycles. The van der Waals surface area contributed by atoms with Crippen LogP contribution in [0.3, 0.4) is 0 Å². The summed E-state index contributed by atoms with van der Waals surface area (Å²) in [5.74, 6) is 0.795. The summed E-state index contributed by atoms with van der Waals surface area (Å²) in [6.45, 7) is 7.27. The SMILES string of the molecule is Cc1ccc(C)c2c(C)c(C(=O)Nc3cccc(OCC4CCCO4)c3)oc12. The van der Waals surface area contributed by atoms with Crippen molar-refractivity contribution in [3.63, 3.8) is 0 Å². The zero-order valence-corrected chi connectivity index (χ0v) is 16.5. The van der Waals surface area contributed by atoms with Crippen LogP contribution in [-0.2, 0) is 4.74 Å². The second-order valence-corrected chi connectivity index (χ2v) is 7.39. The van der Waals surface area contributed by atoms with Crippen LogP contribution < -0.4 is 10.1 Å². The minimum Gasteiger partial charge on any atom is -0.491 e. The molecule has 5 nitrogen and oxygen atoms in total. The lowest BCUT2D eigenvalue weighted by molar-refractivity contribution is 0.0679. The van der Waals surface area contributed by atoms with Crippen molar-refractivity contribution in [3.8, 4) is 5.75 Å². The fourth-order valence-electron chi connectivity index (χ4n) is 3.71. The van der Waals surface area contributed by atoms with Crippen LogP contribution in [0.1, 0.15) is 40.1 Å². The van der Waals surface area contributed by atoms with Gasteiger partial charge in [0.15, 0.2) is 5.76 Å². The Morgan fingerprint density at radius 3 is 2.75 bits per heavy atom. The highest BCUT2D eigenvalue weighted by molar-refractivity contribution is 6.07. The molecule has 5 heteroatoms. The molecule has 1 unspecified atom stereocenters. The van der Waals surface area contributed by atoms with Gasteiger partial charge in [0.1, 0.15) is 17.9 Å². The molecule has 0 radical (unpaired) electrons. The van der Waals surface area contributed by atoms with Gasteiger partial charge in [0.05, 0.1) is 6.10 Å². The molecule has 1 aromatic heterocycles. The van der Waals surface area contributed by atoms with Crippen LogP contribution in [0.4, 0.5) is 5.69 Å². The van der Waals surface area contributed by atoms with E-state index in [1.807, 2.05) is 51.1 Å². The lowest BCUT2D eigenvalue weighted by atomic mass is 10.0. The van der Waals surface area contributed by atoms with E-state index in [0.29, 0.717) is 23.8 Å². The molecule has 1 fully saturated rings. The van der Waals surface area contributed by atoms with Gasteiger partial charge in [-0.25, -0.2) is 0 Å². The van der Waals surface area contributed by atoms with E-state index in [4.69, 9.17) is 13.9 Å². The fourth-order valence-corrected chi connectivity index (χ4v) is 3.71. The van der Waals surface area contributed by atoms with Gasteiger partial charge in [-0.05, 0) is 56.9 Å². The lowest BCUT2D eigenvalue weighted by Crippen LogP contribution is -2.16. The third kappa shape index (κ3) is 3.62. The zero-order chi connectivity index (χ0) is 19.7. The van der Waals surface area contributed by atoms with Crippen molar-refractivity contribution in [3.05, 3.63) is 58.8 Å². The van der Waals surface area contributed by atoms with Gasteiger partial charge >= 0.3 is 0 Å². The number of carbonyl (C=O) groups excluding carboxylic acids is 1. The molecule has 4 rings (SSSR count). The summed E-state index contributed by atoms with van der Waals surface area (Å²) in [5.41, 5.74) is 4.43. The van der Waals surface area contributed by atoms with Crippen LogP contribution >= 0.6 is 0 Å². The Kier molecular flexibility index (Phi) is 5.09. The average molecular weight is 379 g/mol. The molecule has 3 aromatic rings. The summed E-state index contributed by atoms with van der Waals surface area (Å²) >= 11 is 0. The summed E-state index contributed by atoms with van der Waals surface area (Å²) < 4.78 is 17.3. The highest BCUT2D eigenvalue weighted by atomic mass is 16.5. The first-order chi connectivity index (χ1) is 13.5. The normalized spacial score (nSPS) is 16.5. The number of hydrogen-bond donors (Lipinski definition) is 1. The van der Waals surface area contributed by atoms with Gasteiger partial charge in [-0.15, -0.1) is 0 Å². The zero-order valence-electron chi connectivity index (χ0n) is 16.5.